The maximum atomic E-state index is 11.2. The lowest BCUT2D eigenvalue weighted by Gasteiger charge is -2.07. The molecule has 0 aromatic rings. The minimum absolute atomic E-state index is 0.101. The predicted molar refractivity (Wildman–Crippen MR) is 47.7 cm³/mol. The average molecular weight is 169 g/mol. The van der Waals surface area contributed by atoms with Gasteiger partial charge in [0.25, 0.3) is 0 Å². The second-order valence-electron chi connectivity index (χ2n) is 2.84. The standard InChI is InChI=1S/C9H15NO2/c1-5-9(12)8(7(2)11)6-10(3)4/h6H,5H2,1-4H3. The monoisotopic (exact) mass is 169 g/mol. The molecule has 12 heavy (non-hydrogen) atoms. The molecule has 0 aromatic heterocycles. The van der Waals surface area contributed by atoms with Crippen molar-refractivity contribution in [1.82, 2.24) is 4.90 Å². The van der Waals surface area contributed by atoms with Crippen molar-refractivity contribution < 1.29 is 9.59 Å². The smallest absolute Gasteiger partial charge is 0.167 e. The first-order valence-electron chi connectivity index (χ1n) is 3.91. The van der Waals surface area contributed by atoms with Crippen LogP contribution in [0.4, 0.5) is 0 Å². The molecule has 68 valence electrons. The number of allylic oxidation sites excluding steroid dienone is 1. The maximum absolute atomic E-state index is 11.2. The molecule has 0 bridgehead atoms. The Labute approximate surface area is 73.1 Å². The highest BCUT2D eigenvalue weighted by atomic mass is 16.1. The van der Waals surface area contributed by atoms with E-state index in [1.807, 2.05) is 0 Å². The molecule has 0 atom stereocenters. The zero-order valence-corrected chi connectivity index (χ0v) is 8.05. The Hall–Kier alpha value is -1.12. The van der Waals surface area contributed by atoms with Gasteiger partial charge in [0, 0.05) is 26.7 Å². The van der Waals surface area contributed by atoms with E-state index in [4.69, 9.17) is 0 Å². The summed E-state index contributed by atoms with van der Waals surface area (Å²) in [5, 5.41) is 0. The number of nitrogens with zero attached hydrogens (tertiary/aromatic N) is 1. The van der Waals surface area contributed by atoms with Crippen molar-refractivity contribution in [1.29, 1.82) is 0 Å². The molecule has 0 saturated heterocycles. The van der Waals surface area contributed by atoms with Gasteiger partial charge in [-0.3, -0.25) is 9.59 Å². The number of carbonyl (C=O) groups is 2. The third-order valence-electron chi connectivity index (χ3n) is 1.39. The van der Waals surface area contributed by atoms with Crippen LogP contribution in [0, 0.1) is 0 Å². The molecule has 0 unspecified atom stereocenters. The molecule has 3 heteroatoms. The van der Waals surface area contributed by atoms with E-state index in [1.54, 1.807) is 32.1 Å². The molecule has 0 fully saturated rings. The van der Waals surface area contributed by atoms with Crippen LogP contribution in [0.1, 0.15) is 20.3 Å². The fourth-order valence-corrected chi connectivity index (χ4v) is 0.808. The van der Waals surface area contributed by atoms with Crippen LogP contribution in [-0.2, 0) is 9.59 Å². The maximum Gasteiger partial charge on any atom is 0.167 e. The predicted octanol–water partition coefficient (Wildman–Crippen LogP) is 1.00. The van der Waals surface area contributed by atoms with Crippen molar-refractivity contribution in [3.8, 4) is 0 Å². The Morgan fingerprint density at radius 3 is 2.08 bits per heavy atom. The highest BCUT2D eigenvalue weighted by Gasteiger charge is 2.11. The first kappa shape index (κ1) is 10.9. The number of ketones is 2. The molecule has 0 saturated carbocycles. The molecule has 0 aliphatic rings. The molecule has 0 amide bonds. The van der Waals surface area contributed by atoms with Crippen LogP contribution in [0.5, 0.6) is 0 Å². The Kier molecular flexibility index (Phi) is 4.26. The van der Waals surface area contributed by atoms with E-state index in [0.717, 1.165) is 0 Å². The zero-order valence-electron chi connectivity index (χ0n) is 8.05. The van der Waals surface area contributed by atoms with Gasteiger partial charge in [-0.05, 0) is 6.92 Å². The molecular formula is C9H15NO2. The van der Waals surface area contributed by atoms with Crippen molar-refractivity contribution in [2.75, 3.05) is 14.1 Å². The normalized spacial score (nSPS) is 11.2. The summed E-state index contributed by atoms with van der Waals surface area (Å²) in [5.74, 6) is -0.272. The van der Waals surface area contributed by atoms with E-state index >= 15 is 0 Å². The summed E-state index contributed by atoms with van der Waals surface area (Å²) in [6.45, 7) is 3.15. The van der Waals surface area contributed by atoms with Crippen LogP contribution in [0.2, 0.25) is 0 Å². The highest BCUT2D eigenvalue weighted by Crippen LogP contribution is 2.02. The molecule has 0 N–H and O–H groups in total. The highest BCUT2D eigenvalue weighted by molar-refractivity contribution is 6.19. The fraction of sp³-hybridized carbons (Fsp3) is 0.556. The van der Waals surface area contributed by atoms with Crippen LogP contribution in [0.25, 0.3) is 0 Å². The lowest BCUT2D eigenvalue weighted by molar-refractivity contribution is -0.120. The summed E-state index contributed by atoms with van der Waals surface area (Å²) in [7, 11) is 3.57. The Bertz CT molecular complexity index is 217. The van der Waals surface area contributed by atoms with Gasteiger partial charge in [0.15, 0.2) is 11.6 Å². The number of rotatable bonds is 4. The van der Waals surface area contributed by atoms with Crippen LogP contribution in [0.15, 0.2) is 11.8 Å². The molecule has 0 radical (unpaired) electrons. The van der Waals surface area contributed by atoms with Gasteiger partial charge < -0.3 is 4.90 Å². The van der Waals surface area contributed by atoms with Crippen molar-refractivity contribution in [2.45, 2.75) is 20.3 Å². The first-order valence-corrected chi connectivity index (χ1v) is 3.91. The number of hydrogen-bond acceptors (Lipinski definition) is 3. The second-order valence-corrected chi connectivity index (χ2v) is 2.84. The van der Waals surface area contributed by atoms with E-state index < -0.39 is 0 Å². The summed E-state index contributed by atoms with van der Waals surface area (Å²) in [4.78, 5) is 23.8. The van der Waals surface area contributed by atoms with Gasteiger partial charge in [0.2, 0.25) is 0 Å². The lowest BCUT2D eigenvalue weighted by Crippen LogP contribution is -2.13. The Balaban J connectivity index is 4.67. The molecule has 0 aliphatic carbocycles. The Morgan fingerprint density at radius 1 is 1.33 bits per heavy atom. The zero-order chi connectivity index (χ0) is 9.72. The SMILES string of the molecule is CCC(=O)C(=CN(C)C)C(C)=O. The average Bonchev–Trinajstić information content (AvgIpc) is 1.98. The number of hydrogen-bond donors (Lipinski definition) is 0. The molecule has 0 heterocycles. The van der Waals surface area contributed by atoms with Gasteiger partial charge in [-0.1, -0.05) is 6.92 Å². The van der Waals surface area contributed by atoms with Gasteiger partial charge in [0.1, 0.15) is 0 Å². The van der Waals surface area contributed by atoms with E-state index in [0.29, 0.717) is 6.42 Å². The van der Waals surface area contributed by atoms with E-state index in [2.05, 4.69) is 0 Å². The van der Waals surface area contributed by atoms with Crippen LogP contribution < -0.4 is 0 Å². The Morgan fingerprint density at radius 2 is 1.83 bits per heavy atom. The summed E-state index contributed by atoms with van der Waals surface area (Å²) < 4.78 is 0. The minimum atomic E-state index is -0.171. The van der Waals surface area contributed by atoms with E-state index in [9.17, 15) is 9.59 Å². The second kappa shape index (κ2) is 4.70. The van der Waals surface area contributed by atoms with Crippen LogP contribution in [-0.4, -0.2) is 30.6 Å². The van der Waals surface area contributed by atoms with Crippen molar-refractivity contribution in [3.05, 3.63) is 11.8 Å². The van der Waals surface area contributed by atoms with Gasteiger partial charge in [0.05, 0.1) is 5.57 Å². The number of Topliss-reactive ketones (excluding diaryl/α,β-unsaturated/α-hetero) is 2. The molecular weight excluding hydrogens is 154 g/mol. The lowest BCUT2D eigenvalue weighted by atomic mass is 10.1. The first-order chi connectivity index (χ1) is 5.49. The third-order valence-corrected chi connectivity index (χ3v) is 1.39. The molecule has 3 nitrogen and oxygen atoms in total. The topological polar surface area (TPSA) is 37.4 Å². The summed E-state index contributed by atoms with van der Waals surface area (Å²) >= 11 is 0. The van der Waals surface area contributed by atoms with Crippen molar-refractivity contribution >= 4 is 11.6 Å². The molecule has 0 aliphatic heterocycles. The van der Waals surface area contributed by atoms with Crippen molar-refractivity contribution in [3.63, 3.8) is 0 Å². The van der Waals surface area contributed by atoms with E-state index in [-0.39, 0.29) is 17.1 Å². The quantitative estimate of drug-likeness (QED) is 0.358. The van der Waals surface area contributed by atoms with Gasteiger partial charge in [-0.25, -0.2) is 0 Å². The van der Waals surface area contributed by atoms with Crippen LogP contribution >= 0.6 is 0 Å². The van der Waals surface area contributed by atoms with Gasteiger partial charge in [-0.15, -0.1) is 0 Å². The van der Waals surface area contributed by atoms with Gasteiger partial charge in [-0.2, -0.15) is 0 Å². The van der Waals surface area contributed by atoms with E-state index in [1.165, 1.54) is 6.92 Å². The molecule has 0 rings (SSSR count). The fourth-order valence-electron chi connectivity index (χ4n) is 0.808. The van der Waals surface area contributed by atoms with Gasteiger partial charge >= 0.3 is 0 Å². The summed E-state index contributed by atoms with van der Waals surface area (Å²) in [6.07, 6.45) is 1.94. The summed E-state index contributed by atoms with van der Waals surface area (Å²) in [6, 6.07) is 0. The van der Waals surface area contributed by atoms with Crippen molar-refractivity contribution in [2.24, 2.45) is 0 Å². The molecule has 0 aromatic carbocycles. The third kappa shape index (κ3) is 3.32. The summed E-state index contributed by atoms with van der Waals surface area (Å²) in [5.41, 5.74) is 0.280. The minimum Gasteiger partial charge on any atom is -0.383 e. The van der Waals surface area contributed by atoms with Crippen LogP contribution in [0.3, 0.4) is 0 Å². The molecule has 0 spiro atoms. The largest absolute Gasteiger partial charge is 0.383 e. The number of carbonyl (C=O) groups excluding carboxylic acids is 2.